The lowest BCUT2D eigenvalue weighted by atomic mass is 10.1. The Labute approximate surface area is 110 Å². The van der Waals surface area contributed by atoms with Gasteiger partial charge in [0.05, 0.1) is 9.95 Å². The average Bonchev–Trinajstić information content (AvgIpc) is 2.31. The minimum absolute atomic E-state index is 0.0904. The van der Waals surface area contributed by atoms with Crippen LogP contribution in [0.15, 0.2) is 24.5 Å². The number of nitro groups is 1. The smallest absolute Gasteiger partial charge is 0.258 e. The fourth-order valence-electron chi connectivity index (χ4n) is 1.40. The summed E-state index contributed by atoms with van der Waals surface area (Å²) < 4.78 is 13.2. The molecule has 2 aromatic rings. The van der Waals surface area contributed by atoms with Crippen LogP contribution in [-0.2, 0) is 0 Å². The van der Waals surface area contributed by atoms with Gasteiger partial charge in [-0.3, -0.25) is 10.1 Å². The van der Waals surface area contributed by atoms with Crippen molar-refractivity contribution in [3.05, 3.63) is 50.6 Å². The van der Waals surface area contributed by atoms with Gasteiger partial charge in [-0.2, -0.15) is 0 Å². The molecule has 0 aliphatic heterocycles. The zero-order valence-electron chi connectivity index (χ0n) is 8.60. The molecule has 0 spiro atoms. The van der Waals surface area contributed by atoms with E-state index in [1.54, 1.807) is 0 Å². The van der Waals surface area contributed by atoms with Crippen LogP contribution in [0, 0.1) is 15.9 Å². The molecule has 0 fully saturated rings. The summed E-state index contributed by atoms with van der Waals surface area (Å²) in [5.74, 6) is -0.585. The zero-order valence-corrected chi connectivity index (χ0v) is 10.1. The van der Waals surface area contributed by atoms with E-state index in [1.165, 1.54) is 6.07 Å². The number of benzene rings is 1. The van der Waals surface area contributed by atoms with Gasteiger partial charge >= 0.3 is 5.69 Å². The summed E-state index contributed by atoms with van der Waals surface area (Å²) in [5.41, 5.74) is -0.538. The Morgan fingerprint density at radius 1 is 1.28 bits per heavy atom. The second kappa shape index (κ2) is 4.83. The number of halogens is 3. The normalized spacial score (nSPS) is 10.4. The Hall–Kier alpha value is -1.79. The number of aromatic nitrogens is 2. The highest BCUT2D eigenvalue weighted by Gasteiger charge is 2.24. The van der Waals surface area contributed by atoms with E-state index < -0.39 is 16.4 Å². The first-order chi connectivity index (χ1) is 8.50. The van der Waals surface area contributed by atoms with Crippen molar-refractivity contribution in [3.8, 4) is 11.3 Å². The van der Waals surface area contributed by atoms with E-state index in [0.717, 1.165) is 18.5 Å². The van der Waals surface area contributed by atoms with E-state index in [-0.39, 0.29) is 21.4 Å². The molecule has 0 aliphatic carbocycles. The van der Waals surface area contributed by atoms with Gasteiger partial charge in [-0.05, 0) is 18.2 Å². The van der Waals surface area contributed by atoms with Crippen molar-refractivity contribution in [1.29, 1.82) is 0 Å². The Morgan fingerprint density at radius 2 is 2.00 bits per heavy atom. The molecule has 0 amide bonds. The van der Waals surface area contributed by atoms with E-state index in [0.29, 0.717) is 0 Å². The predicted molar refractivity (Wildman–Crippen MR) is 64.1 cm³/mol. The quantitative estimate of drug-likeness (QED) is 0.482. The minimum Gasteiger partial charge on any atom is -0.258 e. The lowest BCUT2D eigenvalue weighted by Gasteiger charge is -2.05. The number of rotatable bonds is 2. The van der Waals surface area contributed by atoms with Crippen LogP contribution in [0.25, 0.3) is 11.3 Å². The van der Waals surface area contributed by atoms with Gasteiger partial charge in [0.15, 0.2) is 5.69 Å². The highest BCUT2D eigenvalue weighted by molar-refractivity contribution is 6.34. The van der Waals surface area contributed by atoms with E-state index in [9.17, 15) is 14.5 Å². The van der Waals surface area contributed by atoms with E-state index in [4.69, 9.17) is 23.2 Å². The first-order valence-corrected chi connectivity index (χ1v) is 5.36. The van der Waals surface area contributed by atoms with Gasteiger partial charge < -0.3 is 0 Å². The van der Waals surface area contributed by atoms with Gasteiger partial charge in [-0.25, -0.2) is 14.4 Å². The molecule has 5 nitrogen and oxygen atoms in total. The molecule has 0 unspecified atom stereocenters. The summed E-state index contributed by atoms with van der Waals surface area (Å²) in [4.78, 5) is 17.4. The third-order valence-electron chi connectivity index (χ3n) is 2.14. The van der Waals surface area contributed by atoms with Crippen molar-refractivity contribution in [3.63, 3.8) is 0 Å². The third kappa shape index (κ3) is 2.25. The van der Waals surface area contributed by atoms with Gasteiger partial charge in [0.2, 0.25) is 5.15 Å². The largest absolute Gasteiger partial charge is 0.332 e. The maximum atomic E-state index is 13.2. The van der Waals surface area contributed by atoms with Gasteiger partial charge in [0, 0.05) is 5.56 Å². The first-order valence-electron chi connectivity index (χ1n) is 4.61. The van der Waals surface area contributed by atoms with Crippen molar-refractivity contribution in [1.82, 2.24) is 9.97 Å². The molecule has 0 atom stereocenters. The van der Waals surface area contributed by atoms with Crippen molar-refractivity contribution in [2.24, 2.45) is 0 Å². The second-order valence-corrected chi connectivity index (χ2v) is 4.01. The van der Waals surface area contributed by atoms with Crippen LogP contribution in [0.1, 0.15) is 0 Å². The lowest BCUT2D eigenvalue weighted by Crippen LogP contribution is -1.98. The van der Waals surface area contributed by atoms with Crippen molar-refractivity contribution in [2.75, 3.05) is 0 Å². The first kappa shape index (κ1) is 12.7. The molecule has 8 heteroatoms. The van der Waals surface area contributed by atoms with E-state index in [1.807, 2.05) is 0 Å². The molecule has 0 N–H and O–H groups in total. The molecule has 0 bridgehead atoms. The maximum absolute atomic E-state index is 13.2. The minimum atomic E-state index is -0.737. The highest BCUT2D eigenvalue weighted by Crippen LogP contribution is 2.36. The van der Waals surface area contributed by atoms with Crippen LogP contribution in [0.4, 0.5) is 10.1 Å². The summed E-state index contributed by atoms with van der Waals surface area (Å²) in [6.07, 6.45) is 1.05. The number of hydrogen-bond acceptors (Lipinski definition) is 4. The van der Waals surface area contributed by atoms with E-state index in [2.05, 4.69) is 9.97 Å². The van der Waals surface area contributed by atoms with Gasteiger partial charge in [-0.15, -0.1) is 0 Å². The fraction of sp³-hybridized carbons (Fsp3) is 0. The SMILES string of the molecule is O=[N+]([O-])c1c(Cl)ncnc1-c1cc(F)ccc1Cl. The van der Waals surface area contributed by atoms with Crippen LogP contribution >= 0.6 is 23.2 Å². The van der Waals surface area contributed by atoms with Crippen molar-refractivity contribution < 1.29 is 9.31 Å². The molecule has 0 aliphatic rings. The Balaban J connectivity index is 2.75. The molecule has 18 heavy (non-hydrogen) atoms. The number of nitrogens with zero attached hydrogens (tertiary/aromatic N) is 3. The Bertz CT molecular complexity index is 637. The molecular weight excluding hydrogens is 284 g/mol. The summed E-state index contributed by atoms with van der Waals surface area (Å²) >= 11 is 11.5. The van der Waals surface area contributed by atoms with E-state index >= 15 is 0 Å². The molecule has 1 heterocycles. The monoisotopic (exact) mass is 287 g/mol. The molecule has 2 rings (SSSR count). The summed E-state index contributed by atoms with van der Waals surface area (Å²) in [6.45, 7) is 0. The zero-order chi connectivity index (χ0) is 13.3. The molecule has 0 saturated carbocycles. The molecule has 0 saturated heterocycles. The second-order valence-electron chi connectivity index (χ2n) is 3.24. The number of hydrogen-bond donors (Lipinski definition) is 0. The van der Waals surface area contributed by atoms with Crippen LogP contribution in [0.2, 0.25) is 10.2 Å². The fourth-order valence-corrected chi connectivity index (χ4v) is 1.80. The molecule has 1 aromatic carbocycles. The van der Waals surface area contributed by atoms with Gasteiger partial charge in [0.1, 0.15) is 12.1 Å². The molecule has 92 valence electrons. The van der Waals surface area contributed by atoms with Crippen molar-refractivity contribution in [2.45, 2.75) is 0 Å². The lowest BCUT2D eigenvalue weighted by molar-refractivity contribution is -0.384. The molecule has 0 radical (unpaired) electrons. The average molecular weight is 288 g/mol. The molecular formula is C10H4Cl2FN3O2. The van der Waals surface area contributed by atoms with Crippen LogP contribution in [-0.4, -0.2) is 14.9 Å². The highest BCUT2D eigenvalue weighted by atomic mass is 35.5. The van der Waals surface area contributed by atoms with Crippen LogP contribution in [0.3, 0.4) is 0 Å². The summed E-state index contributed by atoms with van der Waals surface area (Å²) in [7, 11) is 0. The third-order valence-corrected chi connectivity index (χ3v) is 2.75. The molecule has 1 aromatic heterocycles. The topological polar surface area (TPSA) is 68.9 Å². The van der Waals surface area contributed by atoms with Gasteiger partial charge in [0.25, 0.3) is 0 Å². The maximum Gasteiger partial charge on any atom is 0.332 e. The Kier molecular flexibility index (Phi) is 3.40. The van der Waals surface area contributed by atoms with Crippen LogP contribution < -0.4 is 0 Å². The van der Waals surface area contributed by atoms with Gasteiger partial charge in [-0.1, -0.05) is 23.2 Å². The van der Waals surface area contributed by atoms with Crippen molar-refractivity contribution >= 4 is 28.9 Å². The Morgan fingerprint density at radius 3 is 2.67 bits per heavy atom. The predicted octanol–water partition coefficient (Wildman–Crippen LogP) is 3.50. The summed E-state index contributed by atoms with van der Waals surface area (Å²) in [6, 6.07) is 3.47. The standard InChI is InChI=1S/C10H4Cl2FN3O2/c11-7-2-1-5(13)3-6(7)8-9(16(17)18)10(12)15-4-14-8/h1-4H. The van der Waals surface area contributed by atoms with Crippen LogP contribution in [0.5, 0.6) is 0 Å². The summed E-state index contributed by atoms with van der Waals surface area (Å²) in [5, 5.41) is 10.7.